The molecule has 3 nitrogen and oxygen atoms in total. The number of hydrogen-bond donors (Lipinski definition) is 0. The predicted molar refractivity (Wildman–Crippen MR) is 67.8 cm³/mol. The summed E-state index contributed by atoms with van der Waals surface area (Å²) in [6, 6.07) is 0. The van der Waals surface area contributed by atoms with Crippen molar-refractivity contribution in [1.82, 2.24) is 10.1 Å². The van der Waals surface area contributed by atoms with Crippen LogP contribution in [0.5, 0.6) is 0 Å². The van der Waals surface area contributed by atoms with E-state index in [1.54, 1.807) is 0 Å². The normalized spacial score (nSPS) is 29.7. The van der Waals surface area contributed by atoms with Crippen LogP contribution >= 0.6 is 0 Å². The summed E-state index contributed by atoms with van der Waals surface area (Å²) < 4.78 is 19.8. The lowest BCUT2D eigenvalue weighted by atomic mass is 9.83. The van der Waals surface area contributed by atoms with Crippen molar-refractivity contribution >= 4 is 5.83 Å². The van der Waals surface area contributed by atoms with Gasteiger partial charge < -0.3 is 4.52 Å². The molecule has 0 aliphatic carbocycles. The topological polar surface area (TPSA) is 29.3 Å². The number of hydrogen-bond acceptors (Lipinski definition) is 3. The molecule has 3 saturated heterocycles. The zero-order chi connectivity index (χ0) is 12.7. The molecule has 3 aliphatic heterocycles. The lowest BCUT2D eigenvalue weighted by Gasteiger charge is -2.40. The Morgan fingerprint density at radius 3 is 2.67 bits per heavy atom. The van der Waals surface area contributed by atoms with E-state index in [1.165, 1.54) is 0 Å². The van der Waals surface area contributed by atoms with E-state index in [1.807, 2.05) is 13.8 Å². The van der Waals surface area contributed by atoms with Crippen molar-refractivity contribution in [2.45, 2.75) is 33.1 Å². The fourth-order valence-electron chi connectivity index (χ4n) is 3.11. The van der Waals surface area contributed by atoms with Crippen LogP contribution in [0.2, 0.25) is 0 Å². The molecule has 4 rings (SSSR count). The summed E-state index contributed by atoms with van der Waals surface area (Å²) in [7, 11) is 0. The molecule has 0 N–H and O–H groups in total. The van der Waals surface area contributed by atoms with Gasteiger partial charge in [-0.2, -0.15) is 0 Å². The van der Waals surface area contributed by atoms with Crippen LogP contribution in [0.4, 0.5) is 4.39 Å². The van der Waals surface area contributed by atoms with E-state index in [9.17, 15) is 4.39 Å². The Labute approximate surface area is 107 Å². The van der Waals surface area contributed by atoms with Gasteiger partial charge in [-0.25, -0.2) is 4.39 Å². The van der Waals surface area contributed by atoms with Gasteiger partial charge in [0.1, 0.15) is 0 Å². The second kappa shape index (κ2) is 4.50. The molecule has 0 unspecified atom stereocenters. The van der Waals surface area contributed by atoms with Crippen LogP contribution in [-0.4, -0.2) is 29.7 Å². The highest BCUT2D eigenvalue weighted by molar-refractivity contribution is 5.62. The smallest absolute Gasteiger partial charge is 0.198 e. The molecule has 3 fully saturated rings. The van der Waals surface area contributed by atoms with Crippen LogP contribution in [0.15, 0.2) is 10.1 Å². The van der Waals surface area contributed by atoms with E-state index in [4.69, 9.17) is 4.52 Å². The maximum atomic E-state index is 14.6. The lowest BCUT2D eigenvalue weighted by Crippen LogP contribution is -2.43. The molecule has 1 aromatic rings. The van der Waals surface area contributed by atoms with Crippen LogP contribution in [0, 0.1) is 12.8 Å². The first-order chi connectivity index (χ1) is 8.70. The number of fused-ring (bicyclic) bond motifs is 3. The van der Waals surface area contributed by atoms with E-state index in [0.717, 1.165) is 55.7 Å². The highest BCUT2D eigenvalue weighted by Crippen LogP contribution is 2.38. The Hall–Kier alpha value is -1.16. The van der Waals surface area contributed by atoms with Gasteiger partial charge in [-0.1, -0.05) is 12.1 Å². The Morgan fingerprint density at radius 2 is 2.17 bits per heavy atom. The Kier molecular flexibility index (Phi) is 2.98. The van der Waals surface area contributed by atoms with Gasteiger partial charge in [0.25, 0.3) is 0 Å². The molecule has 0 radical (unpaired) electrons. The molecule has 4 heteroatoms. The van der Waals surface area contributed by atoms with Gasteiger partial charge >= 0.3 is 0 Å². The second-order valence-electron chi connectivity index (χ2n) is 5.33. The molecular weight excluding hydrogens is 231 g/mol. The third-order valence-electron chi connectivity index (χ3n) is 4.31. The molecule has 98 valence electrons. The first kappa shape index (κ1) is 11.9. The van der Waals surface area contributed by atoms with Gasteiger partial charge in [0, 0.05) is 12.1 Å². The zero-order valence-electron chi connectivity index (χ0n) is 11.0. The van der Waals surface area contributed by atoms with Crippen molar-refractivity contribution in [2.75, 3.05) is 19.6 Å². The SMILES string of the molecule is CCc1noc(/C(F)=C2\CN3CCC2CC3)c1C. The third kappa shape index (κ3) is 1.79. The van der Waals surface area contributed by atoms with Crippen LogP contribution in [-0.2, 0) is 6.42 Å². The van der Waals surface area contributed by atoms with Crippen LogP contribution in [0.1, 0.15) is 36.8 Å². The van der Waals surface area contributed by atoms with Gasteiger partial charge in [-0.15, -0.1) is 0 Å². The number of rotatable bonds is 2. The van der Waals surface area contributed by atoms with Gasteiger partial charge in [0.05, 0.1) is 5.69 Å². The highest BCUT2D eigenvalue weighted by atomic mass is 19.1. The van der Waals surface area contributed by atoms with Crippen molar-refractivity contribution in [3.63, 3.8) is 0 Å². The largest absolute Gasteiger partial charge is 0.353 e. The zero-order valence-corrected chi connectivity index (χ0v) is 11.0. The van der Waals surface area contributed by atoms with Gasteiger partial charge in [-0.3, -0.25) is 4.90 Å². The molecule has 3 aliphatic rings. The molecule has 0 amide bonds. The van der Waals surface area contributed by atoms with Crippen molar-refractivity contribution in [3.8, 4) is 0 Å². The maximum Gasteiger partial charge on any atom is 0.198 e. The van der Waals surface area contributed by atoms with E-state index in [2.05, 4.69) is 10.1 Å². The monoisotopic (exact) mass is 250 g/mol. The average Bonchev–Trinajstić information content (AvgIpc) is 2.80. The first-order valence-electron chi connectivity index (χ1n) is 6.77. The fourth-order valence-corrected chi connectivity index (χ4v) is 3.11. The molecule has 18 heavy (non-hydrogen) atoms. The number of aryl methyl sites for hydroxylation is 1. The Bertz CT molecular complexity index is 484. The third-order valence-corrected chi connectivity index (χ3v) is 4.31. The standard InChI is InChI=1S/C14H19FN2O/c1-3-12-9(2)14(18-16-12)13(15)11-8-17-6-4-10(11)5-7-17/h10H,3-8H2,1-2H3/b13-11-. The van der Waals surface area contributed by atoms with Crippen LogP contribution < -0.4 is 0 Å². The van der Waals surface area contributed by atoms with E-state index in [0.29, 0.717) is 11.7 Å². The molecular formula is C14H19FN2O. The summed E-state index contributed by atoms with van der Waals surface area (Å²) in [6.07, 6.45) is 2.95. The minimum Gasteiger partial charge on any atom is -0.353 e. The van der Waals surface area contributed by atoms with Gasteiger partial charge in [0.2, 0.25) is 0 Å². The maximum absolute atomic E-state index is 14.6. The molecule has 0 atom stereocenters. The quantitative estimate of drug-likeness (QED) is 0.808. The Morgan fingerprint density at radius 1 is 1.44 bits per heavy atom. The molecule has 0 spiro atoms. The first-order valence-corrected chi connectivity index (χ1v) is 6.77. The summed E-state index contributed by atoms with van der Waals surface area (Å²) in [5.74, 6) is 0.606. The van der Waals surface area contributed by atoms with Crippen LogP contribution in [0.3, 0.4) is 0 Å². The lowest BCUT2D eigenvalue weighted by molar-refractivity contribution is 0.160. The van der Waals surface area contributed by atoms with Gasteiger partial charge in [-0.05, 0) is 50.8 Å². The fraction of sp³-hybridized carbons (Fsp3) is 0.643. The molecule has 4 heterocycles. The van der Waals surface area contributed by atoms with Gasteiger partial charge in [0.15, 0.2) is 11.6 Å². The van der Waals surface area contributed by atoms with Crippen molar-refractivity contribution < 1.29 is 8.91 Å². The van der Waals surface area contributed by atoms with Crippen molar-refractivity contribution in [1.29, 1.82) is 0 Å². The summed E-state index contributed by atoms with van der Waals surface area (Å²) in [4.78, 5) is 2.32. The summed E-state index contributed by atoms with van der Waals surface area (Å²) in [5, 5.41) is 3.95. The second-order valence-corrected chi connectivity index (χ2v) is 5.33. The molecule has 2 bridgehead atoms. The Balaban J connectivity index is 1.97. The molecule has 0 aromatic carbocycles. The van der Waals surface area contributed by atoms with E-state index in [-0.39, 0.29) is 5.83 Å². The highest BCUT2D eigenvalue weighted by Gasteiger charge is 2.33. The molecule has 0 saturated carbocycles. The minimum atomic E-state index is -0.158. The van der Waals surface area contributed by atoms with Crippen molar-refractivity contribution in [3.05, 3.63) is 22.6 Å². The number of piperidine rings is 3. The predicted octanol–water partition coefficient (Wildman–Crippen LogP) is 2.95. The number of halogens is 1. The van der Waals surface area contributed by atoms with Crippen LogP contribution in [0.25, 0.3) is 5.83 Å². The van der Waals surface area contributed by atoms with E-state index >= 15 is 0 Å². The molecule has 1 aromatic heterocycles. The number of aromatic nitrogens is 1. The average molecular weight is 250 g/mol. The summed E-state index contributed by atoms with van der Waals surface area (Å²) in [6.45, 7) is 6.88. The van der Waals surface area contributed by atoms with Crippen molar-refractivity contribution in [2.24, 2.45) is 5.92 Å². The van der Waals surface area contributed by atoms with E-state index < -0.39 is 0 Å². The summed E-state index contributed by atoms with van der Waals surface area (Å²) in [5.41, 5.74) is 2.65. The minimum absolute atomic E-state index is 0.158. The summed E-state index contributed by atoms with van der Waals surface area (Å²) >= 11 is 0. The number of nitrogens with zero attached hydrogens (tertiary/aromatic N) is 2.